The van der Waals surface area contributed by atoms with Crippen LogP contribution in [0.1, 0.15) is 26.4 Å². The van der Waals surface area contributed by atoms with Gasteiger partial charge in [-0.3, -0.25) is 14.3 Å². The normalized spacial score (nSPS) is 10.4. The van der Waals surface area contributed by atoms with Crippen LogP contribution < -0.4 is 10.2 Å². The molecule has 0 unspecified atom stereocenters. The van der Waals surface area contributed by atoms with Crippen molar-refractivity contribution in [3.8, 4) is 0 Å². The largest absolute Gasteiger partial charge is 0.346 e. The van der Waals surface area contributed by atoms with Crippen molar-refractivity contribution in [1.29, 1.82) is 0 Å². The quantitative estimate of drug-likeness (QED) is 0.771. The maximum atomic E-state index is 12.7. The monoisotopic (exact) mass is 348 g/mol. The molecule has 0 saturated heterocycles. The fourth-order valence-electron chi connectivity index (χ4n) is 2.59. The number of nitrogens with zero attached hydrogens (tertiary/aromatic N) is 3. The fraction of sp³-hybridized carbons (Fsp3) is 0.150. The van der Waals surface area contributed by atoms with E-state index in [0.29, 0.717) is 17.7 Å². The Kier molecular flexibility index (Phi) is 5.12. The van der Waals surface area contributed by atoms with Gasteiger partial charge in [-0.1, -0.05) is 24.3 Å². The van der Waals surface area contributed by atoms with Crippen LogP contribution in [0.15, 0.2) is 66.9 Å². The van der Waals surface area contributed by atoms with Crippen LogP contribution in [0, 0.1) is 0 Å². The summed E-state index contributed by atoms with van der Waals surface area (Å²) in [6.45, 7) is 0.335. The first-order chi connectivity index (χ1) is 12.5. The third-order valence-corrected chi connectivity index (χ3v) is 4.02. The summed E-state index contributed by atoms with van der Waals surface area (Å²) in [5.74, 6) is -0.414. The van der Waals surface area contributed by atoms with Crippen LogP contribution in [0.5, 0.6) is 0 Å². The van der Waals surface area contributed by atoms with Crippen LogP contribution >= 0.6 is 0 Å². The number of nitrogens with one attached hydrogen (secondary N) is 1. The van der Waals surface area contributed by atoms with Gasteiger partial charge in [-0.25, -0.2) is 0 Å². The van der Waals surface area contributed by atoms with Crippen molar-refractivity contribution in [2.24, 2.45) is 7.05 Å². The van der Waals surface area contributed by atoms with Crippen molar-refractivity contribution in [3.05, 3.63) is 83.7 Å². The van der Waals surface area contributed by atoms with Crippen molar-refractivity contribution >= 4 is 17.5 Å². The minimum Gasteiger partial charge on any atom is -0.346 e. The van der Waals surface area contributed by atoms with Crippen LogP contribution in [-0.4, -0.2) is 28.6 Å². The number of aryl methyl sites for hydroxylation is 1. The molecule has 1 N–H and O–H groups in total. The Morgan fingerprint density at radius 3 is 2.46 bits per heavy atom. The van der Waals surface area contributed by atoms with Crippen LogP contribution in [-0.2, 0) is 13.6 Å². The molecule has 3 aromatic rings. The number of rotatable bonds is 5. The molecule has 0 radical (unpaired) electrons. The van der Waals surface area contributed by atoms with E-state index >= 15 is 0 Å². The molecule has 132 valence electrons. The highest BCUT2D eigenvalue weighted by Crippen LogP contribution is 2.15. The van der Waals surface area contributed by atoms with Gasteiger partial charge >= 0.3 is 0 Å². The molecular weight excluding hydrogens is 328 g/mol. The summed E-state index contributed by atoms with van der Waals surface area (Å²) in [5.41, 5.74) is 2.47. The summed E-state index contributed by atoms with van der Waals surface area (Å²) in [7, 11) is 3.54. The number of anilines is 1. The minimum absolute atomic E-state index is 0.171. The minimum atomic E-state index is -0.243. The van der Waals surface area contributed by atoms with E-state index in [1.807, 2.05) is 49.6 Å². The van der Waals surface area contributed by atoms with Crippen LogP contribution in [0.3, 0.4) is 0 Å². The van der Waals surface area contributed by atoms with E-state index in [9.17, 15) is 9.59 Å². The highest BCUT2D eigenvalue weighted by molar-refractivity contribution is 6.07. The van der Waals surface area contributed by atoms with E-state index < -0.39 is 0 Å². The lowest BCUT2D eigenvalue weighted by atomic mass is 10.1. The van der Waals surface area contributed by atoms with Gasteiger partial charge in [0.05, 0.1) is 12.2 Å². The van der Waals surface area contributed by atoms with Gasteiger partial charge in [-0.15, -0.1) is 0 Å². The maximum Gasteiger partial charge on any atom is 0.258 e. The van der Waals surface area contributed by atoms with E-state index in [2.05, 4.69) is 10.4 Å². The molecule has 0 spiro atoms. The van der Waals surface area contributed by atoms with Crippen molar-refractivity contribution in [2.75, 3.05) is 11.9 Å². The van der Waals surface area contributed by atoms with Gasteiger partial charge in [0.2, 0.25) is 0 Å². The fourth-order valence-corrected chi connectivity index (χ4v) is 2.59. The second kappa shape index (κ2) is 7.65. The van der Waals surface area contributed by atoms with Crippen molar-refractivity contribution in [2.45, 2.75) is 6.54 Å². The smallest absolute Gasteiger partial charge is 0.258 e. The Balaban J connectivity index is 1.71. The molecule has 0 aliphatic heterocycles. The van der Waals surface area contributed by atoms with E-state index in [-0.39, 0.29) is 11.8 Å². The average molecular weight is 348 g/mol. The van der Waals surface area contributed by atoms with Gasteiger partial charge in [-0.05, 0) is 36.4 Å². The number of carbonyl (C=O) groups excluding carboxylic acids is 2. The predicted molar refractivity (Wildman–Crippen MR) is 100.0 cm³/mol. The highest BCUT2D eigenvalue weighted by atomic mass is 16.2. The molecule has 0 fully saturated rings. The molecule has 6 nitrogen and oxygen atoms in total. The number of amides is 2. The average Bonchev–Trinajstić information content (AvgIpc) is 3.11. The molecule has 1 aromatic heterocycles. The zero-order valence-electron chi connectivity index (χ0n) is 14.7. The first kappa shape index (κ1) is 17.4. The zero-order valence-corrected chi connectivity index (χ0v) is 14.7. The molecular formula is C20H20N4O2. The summed E-state index contributed by atoms with van der Waals surface area (Å²) in [5, 5.41) is 7.04. The van der Waals surface area contributed by atoms with E-state index in [0.717, 1.165) is 11.4 Å². The molecule has 26 heavy (non-hydrogen) atoms. The third kappa shape index (κ3) is 3.97. The molecule has 0 bridgehead atoms. The van der Waals surface area contributed by atoms with Crippen LogP contribution in [0.25, 0.3) is 0 Å². The van der Waals surface area contributed by atoms with E-state index in [4.69, 9.17) is 0 Å². The Morgan fingerprint density at radius 2 is 1.77 bits per heavy atom. The molecule has 0 atom stereocenters. The van der Waals surface area contributed by atoms with Gasteiger partial charge in [0, 0.05) is 37.1 Å². The lowest BCUT2D eigenvalue weighted by molar-refractivity contribution is 0.0950. The summed E-state index contributed by atoms with van der Waals surface area (Å²) >= 11 is 0. The molecule has 0 saturated carbocycles. The third-order valence-electron chi connectivity index (χ3n) is 4.02. The standard InChI is InChI=1S/C20H20N4O2/c1-23-12-11-17(22-23)14-21-19(25)15-7-6-8-16(13-15)20(26)24(2)18-9-4-3-5-10-18/h3-13H,14H2,1-2H3,(H,21,25). The Hall–Kier alpha value is -3.41. The molecule has 0 aliphatic rings. The lowest BCUT2D eigenvalue weighted by Crippen LogP contribution is -2.27. The second-order valence-electron chi connectivity index (χ2n) is 5.94. The Morgan fingerprint density at radius 1 is 1.04 bits per heavy atom. The number of hydrogen-bond acceptors (Lipinski definition) is 3. The number of carbonyl (C=O) groups is 2. The van der Waals surface area contributed by atoms with Gasteiger partial charge in [0.25, 0.3) is 11.8 Å². The van der Waals surface area contributed by atoms with Gasteiger partial charge in [0.1, 0.15) is 0 Å². The topological polar surface area (TPSA) is 67.2 Å². The molecule has 3 rings (SSSR count). The first-order valence-corrected chi connectivity index (χ1v) is 8.24. The molecule has 2 amide bonds. The summed E-state index contributed by atoms with van der Waals surface area (Å²) in [6.07, 6.45) is 1.82. The SMILES string of the molecule is CN(C(=O)c1cccc(C(=O)NCc2ccn(C)n2)c1)c1ccccc1. The highest BCUT2D eigenvalue weighted by Gasteiger charge is 2.15. The first-order valence-electron chi connectivity index (χ1n) is 8.24. The summed E-state index contributed by atoms with van der Waals surface area (Å²) in [6, 6.07) is 17.9. The summed E-state index contributed by atoms with van der Waals surface area (Å²) in [4.78, 5) is 26.6. The van der Waals surface area contributed by atoms with E-state index in [1.54, 1.807) is 40.9 Å². The van der Waals surface area contributed by atoms with Crippen molar-refractivity contribution < 1.29 is 9.59 Å². The second-order valence-corrected chi connectivity index (χ2v) is 5.94. The van der Waals surface area contributed by atoms with Gasteiger partial charge in [0.15, 0.2) is 0 Å². The molecule has 0 aliphatic carbocycles. The maximum absolute atomic E-state index is 12.7. The van der Waals surface area contributed by atoms with Gasteiger partial charge < -0.3 is 10.2 Å². The van der Waals surface area contributed by atoms with Crippen molar-refractivity contribution in [1.82, 2.24) is 15.1 Å². The molecule has 2 aromatic carbocycles. The lowest BCUT2D eigenvalue weighted by Gasteiger charge is -2.17. The van der Waals surface area contributed by atoms with Crippen molar-refractivity contribution in [3.63, 3.8) is 0 Å². The molecule has 6 heteroatoms. The van der Waals surface area contributed by atoms with E-state index in [1.165, 1.54) is 0 Å². The molecule has 1 heterocycles. The number of hydrogen-bond donors (Lipinski definition) is 1. The number of para-hydroxylation sites is 1. The number of benzene rings is 2. The number of aromatic nitrogens is 2. The Bertz CT molecular complexity index is 918. The predicted octanol–water partition coefficient (Wildman–Crippen LogP) is 2.63. The Labute approximate surface area is 152 Å². The van der Waals surface area contributed by atoms with Gasteiger partial charge in [-0.2, -0.15) is 5.10 Å². The zero-order chi connectivity index (χ0) is 18.5. The van der Waals surface area contributed by atoms with Crippen LogP contribution in [0.2, 0.25) is 0 Å². The summed E-state index contributed by atoms with van der Waals surface area (Å²) < 4.78 is 1.68. The van der Waals surface area contributed by atoms with Crippen LogP contribution in [0.4, 0.5) is 5.69 Å².